The van der Waals surface area contributed by atoms with E-state index in [2.05, 4.69) is 11.8 Å². The van der Waals surface area contributed by atoms with Gasteiger partial charge in [0.05, 0.1) is 0 Å². The molecule has 3 nitrogen and oxygen atoms in total. The fourth-order valence-electron chi connectivity index (χ4n) is 0.536. The van der Waals surface area contributed by atoms with Gasteiger partial charge in [-0.05, 0) is 13.0 Å². The molecule has 0 aromatic heterocycles. The van der Waals surface area contributed by atoms with Crippen molar-refractivity contribution in [1.82, 2.24) is 0 Å². The van der Waals surface area contributed by atoms with Gasteiger partial charge in [0.15, 0.2) is 0 Å². The lowest BCUT2D eigenvalue weighted by Gasteiger charge is -1.95. The highest BCUT2D eigenvalue weighted by Gasteiger charge is 2.05. The van der Waals surface area contributed by atoms with Gasteiger partial charge in [-0.3, -0.25) is 4.79 Å². The number of hydrogen-bond donors (Lipinski definition) is 2. The predicted octanol–water partition coefficient (Wildman–Crippen LogP) is 0.317. The summed E-state index contributed by atoms with van der Waals surface area (Å²) in [4.78, 5) is 10.6. The van der Waals surface area contributed by atoms with Crippen LogP contribution in [0.5, 0.6) is 0 Å². The summed E-state index contributed by atoms with van der Waals surface area (Å²) in [5.74, 6) is 4.13. The highest BCUT2D eigenvalue weighted by atomic mass is 16.1. The van der Waals surface area contributed by atoms with E-state index < -0.39 is 11.8 Å². The SMILES string of the molecule is CC#CC(/C=C\C=N)C(N)=O. The largest absolute Gasteiger partial charge is 0.368 e. The second kappa shape index (κ2) is 5.24. The van der Waals surface area contributed by atoms with E-state index in [1.165, 1.54) is 12.2 Å². The third kappa shape index (κ3) is 3.93. The molecule has 0 aromatic carbocycles. The number of rotatable bonds is 3. The van der Waals surface area contributed by atoms with E-state index in [0.717, 1.165) is 6.21 Å². The Morgan fingerprint density at radius 3 is 2.73 bits per heavy atom. The molecule has 3 heteroatoms. The third-order valence-electron chi connectivity index (χ3n) is 1.01. The summed E-state index contributed by atoms with van der Waals surface area (Å²) in [6, 6.07) is 0. The second-order valence-corrected chi connectivity index (χ2v) is 1.83. The highest BCUT2D eigenvalue weighted by Crippen LogP contribution is 1.94. The maximum absolute atomic E-state index is 10.6. The van der Waals surface area contributed by atoms with E-state index in [0.29, 0.717) is 0 Å². The first-order valence-corrected chi connectivity index (χ1v) is 3.11. The Hall–Kier alpha value is -1.56. The van der Waals surface area contributed by atoms with Crippen LogP contribution in [0.2, 0.25) is 0 Å². The first kappa shape index (κ1) is 9.44. The molecule has 0 spiro atoms. The van der Waals surface area contributed by atoms with Crippen molar-refractivity contribution in [1.29, 1.82) is 5.41 Å². The molecule has 0 saturated heterocycles. The molecule has 0 saturated carbocycles. The topological polar surface area (TPSA) is 66.9 Å². The van der Waals surface area contributed by atoms with Crippen LogP contribution in [-0.2, 0) is 4.79 Å². The zero-order valence-corrected chi connectivity index (χ0v) is 6.29. The molecule has 0 aliphatic rings. The maximum atomic E-state index is 10.6. The highest BCUT2D eigenvalue weighted by molar-refractivity contribution is 5.83. The van der Waals surface area contributed by atoms with Crippen LogP contribution in [0, 0.1) is 23.2 Å². The number of nitrogens with one attached hydrogen (secondary N) is 1. The molecule has 0 aromatic rings. The minimum atomic E-state index is -0.568. The summed E-state index contributed by atoms with van der Waals surface area (Å²) in [5, 5.41) is 6.66. The minimum absolute atomic E-state index is 0.488. The van der Waals surface area contributed by atoms with Gasteiger partial charge in [0.2, 0.25) is 5.91 Å². The normalized spacial score (nSPS) is 11.7. The fourth-order valence-corrected chi connectivity index (χ4v) is 0.536. The van der Waals surface area contributed by atoms with Gasteiger partial charge in [0.25, 0.3) is 0 Å². The van der Waals surface area contributed by atoms with Gasteiger partial charge in [0, 0.05) is 6.21 Å². The van der Waals surface area contributed by atoms with Crippen LogP contribution < -0.4 is 5.73 Å². The van der Waals surface area contributed by atoms with Crippen LogP contribution in [0.4, 0.5) is 0 Å². The molecule has 58 valence electrons. The lowest BCUT2D eigenvalue weighted by molar-refractivity contribution is -0.119. The van der Waals surface area contributed by atoms with Crippen molar-refractivity contribution in [3.63, 3.8) is 0 Å². The van der Waals surface area contributed by atoms with E-state index in [4.69, 9.17) is 11.1 Å². The number of carbonyl (C=O) groups excluding carboxylic acids is 1. The van der Waals surface area contributed by atoms with E-state index in [1.807, 2.05) is 0 Å². The van der Waals surface area contributed by atoms with Crippen molar-refractivity contribution >= 4 is 12.1 Å². The lowest BCUT2D eigenvalue weighted by Crippen LogP contribution is -2.19. The molecule has 0 fully saturated rings. The van der Waals surface area contributed by atoms with Gasteiger partial charge in [-0.25, -0.2) is 0 Å². The van der Waals surface area contributed by atoms with Crippen molar-refractivity contribution in [2.75, 3.05) is 0 Å². The van der Waals surface area contributed by atoms with Crippen molar-refractivity contribution in [2.24, 2.45) is 11.7 Å². The van der Waals surface area contributed by atoms with Crippen LogP contribution in [0.1, 0.15) is 6.92 Å². The molecule has 1 atom stereocenters. The summed E-state index contributed by atoms with van der Waals surface area (Å²) in [5.41, 5.74) is 5.00. The van der Waals surface area contributed by atoms with Crippen LogP contribution >= 0.6 is 0 Å². The number of hydrogen-bond acceptors (Lipinski definition) is 2. The average molecular weight is 150 g/mol. The van der Waals surface area contributed by atoms with Gasteiger partial charge < -0.3 is 11.1 Å². The monoisotopic (exact) mass is 150 g/mol. The van der Waals surface area contributed by atoms with Crippen LogP contribution in [0.25, 0.3) is 0 Å². The van der Waals surface area contributed by atoms with Crippen LogP contribution in [0.3, 0.4) is 0 Å². The van der Waals surface area contributed by atoms with Crippen molar-refractivity contribution in [3.05, 3.63) is 12.2 Å². The van der Waals surface area contributed by atoms with E-state index in [1.54, 1.807) is 6.92 Å². The zero-order valence-electron chi connectivity index (χ0n) is 6.29. The van der Waals surface area contributed by atoms with Gasteiger partial charge in [-0.15, -0.1) is 5.92 Å². The van der Waals surface area contributed by atoms with Gasteiger partial charge in [-0.1, -0.05) is 12.0 Å². The Morgan fingerprint density at radius 1 is 1.73 bits per heavy atom. The third-order valence-corrected chi connectivity index (χ3v) is 1.01. The summed E-state index contributed by atoms with van der Waals surface area (Å²) < 4.78 is 0. The Balaban J connectivity index is 4.30. The fraction of sp³-hybridized carbons (Fsp3) is 0.250. The van der Waals surface area contributed by atoms with Crippen LogP contribution in [0.15, 0.2) is 12.2 Å². The van der Waals surface area contributed by atoms with Gasteiger partial charge >= 0.3 is 0 Å². The maximum Gasteiger partial charge on any atom is 0.236 e. The predicted molar refractivity (Wildman–Crippen MR) is 44.1 cm³/mol. The first-order valence-electron chi connectivity index (χ1n) is 3.11. The molecule has 0 bridgehead atoms. The van der Waals surface area contributed by atoms with Crippen molar-refractivity contribution in [2.45, 2.75) is 6.92 Å². The number of carbonyl (C=O) groups is 1. The number of allylic oxidation sites excluding steroid dienone is 1. The number of amides is 1. The number of nitrogens with two attached hydrogens (primary N) is 1. The molecule has 3 N–H and O–H groups in total. The molecular formula is C8H10N2O. The molecule has 1 amide bonds. The van der Waals surface area contributed by atoms with E-state index in [-0.39, 0.29) is 0 Å². The van der Waals surface area contributed by atoms with E-state index in [9.17, 15) is 4.79 Å². The molecule has 0 rings (SSSR count). The molecule has 11 heavy (non-hydrogen) atoms. The minimum Gasteiger partial charge on any atom is -0.368 e. The Bertz CT molecular complexity index is 232. The van der Waals surface area contributed by atoms with E-state index >= 15 is 0 Å². The van der Waals surface area contributed by atoms with Crippen LogP contribution in [-0.4, -0.2) is 12.1 Å². The first-order chi connectivity index (χ1) is 5.22. The molecule has 0 aliphatic heterocycles. The molecule has 0 aliphatic carbocycles. The summed E-state index contributed by atoms with van der Waals surface area (Å²) in [6.45, 7) is 1.63. The zero-order chi connectivity index (χ0) is 8.69. The Morgan fingerprint density at radius 2 is 2.36 bits per heavy atom. The Kier molecular flexibility index (Phi) is 4.50. The van der Waals surface area contributed by atoms with Crippen molar-refractivity contribution < 1.29 is 4.79 Å². The second-order valence-electron chi connectivity index (χ2n) is 1.83. The van der Waals surface area contributed by atoms with Gasteiger partial charge in [0.1, 0.15) is 5.92 Å². The number of primary amides is 1. The molecule has 0 heterocycles. The quantitative estimate of drug-likeness (QED) is 0.441. The molecular weight excluding hydrogens is 140 g/mol. The molecule has 0 radical (unpaired) electrons. The summed E-state index contributed by atoms with van der Waals surface area (Å²) in [6.07, 6.45) is 4.00. The summed E-state index contributed by atoms with van der Waals surface area (Å²) >= 11 is 0. The average Bonchev–Trinajstić information content (AvgIpc) is 1.97. The summed E-state index contributed by atoms with van der Waals surface area (Å²) in [7, 11) is 0. The standard InChI is InChI=1S/C8H10N2O/c1-2-4-7(8(10)11)5-3-6-9/h3,5-7,9H,1H3,(H2,10,11)/b5-3-,9-6?. The Labute approximate surface area is 65.8 Å². The smallest absolute Gasteiger partial charge is 0.236 e. The lowest BCUT2D eigenvalue weighted by atomic mass is 10.1. The van der Waals surface area contributed by atoms with Crippen molar-refractivity contribution in [3.8, 4) is 11.8 Å². The molecule has 1 unspecified atom stereocenters. The van der Waals surface area contributed by atoms with Gasteiger partial charge in [-0.2, -0.15) is 0 Å².